The van der Waals surface area contributed by atoms with Crippen LogP contribution in [-0.4, -0.2) is 22.6 Å². The van der Waals surface area contributed by atoms with Crippen LogP contribution in [0.1, 0.15) is 18.9 Å². The van der Waals surface area contributed by atoms with Gasteiger partial charge < -0.3 is 0 Å². The molecular formula is C14H22O3SSi. The minimum absolute atomic E-state index is 0.0722. The van der Waals surface area contributed by atoms with Crippen LogP contribution in [0.2, 0.25) is 24.7 Å². The Labute approximate surface area is 117 Å². The van der Waals surface area contributed by atoms with Crippen LogP contribution < -0.4 is 0 Å². The van der Waals surface area contributed by atoms with E-state index in [4.69, 9.17) is 4.18 Å². The van der Waals surface area contributed by atoms with Crippen LogP contribution in [0.15, 0.2) is 29.2 Å². The summed E-state index contributed by atoms with van der Waals surface area (Å²) in [5, 5.41) is 0.0722. The fraction of sp³-hybridized carbons (Fsp3) is 0.571. The van der Waals surface area contributed by atoms with E-state index < -0.39 is 18.2 Å². The van der Waals surface area contributed by atoms with E-state index in [-0.39, 0.29) is 11.1 Å². The van der Waals surface area contributed by atoms with Gasteiger partial charge in [-0.1, -0.05) is 44.8 Å². The highest BCUT2D eigenvalue weighted by Gasteiger charge is 2.60. The average Bonchev–Trinajstić information content (AvgIpc) is 2.89. The third kappa shape index (κ3) is 2.64. The van der Waals surface area contributed by atoms with Gasteiger partial charge in [0, 0.05) is 0 Å². The quantitative estimate of drug-likeness (QED) is 0.630. The van der Waals surface area contributed by atoms with Crippen molar-refractivity contribution in [2.24, 2.45) is 0 Å². The second-order valence-electron chi connectivity index (χ2n) is 6.68. The lowest BCUT2D eigenvalue weighted by Gasteiger charge is -2.25. The van der Waals surface area contributed by atoms with Crippen molar-refractivity contribution < 1.29 is 12.6 Å². The van der Waals surface area contributed by atoms with Gasteiger partial charge in [0.05, 0.1) is 19.1 Å². The minimum Gasteiger partial charge on any atom is -0.263 e. The van der Waals surface area contributed by atoms with Gasteiger partial charge in [-0.2, -0.15) is 8.42 Å². The maximum absolute atomic E-state index is 12.3. The van der Waals surface area contributed by atoms with Crippen LogP contribution in [-0.2, 0) is 14.3 Å². The SMILES string of the molecule is Cc1ccccc1S(=O)(=O)OC1CC1(C)[Si](C)(C)C. The highest BCUT2D eigenvalue weighted by molar-refractivity contribution is 7.86. The molecule has 5 heteroatoms. The van der Waals surface area contributed by atoms with Crippen molar-refractivity contribution in [2.45, 2.75) is 55.9 Å². The first-order chi connectivity index (χ1) is 8.58. The Balaban J connectivity index is 2.20. The molecule has 19 heavy (non-hydrogen) atoms. The lowest BCUT2D eigenvalue weighted by Crippen LogP contribution is -2.31. The van der Waals surface area contributed by atoms with Gasteiger partial charge in [0.15, 0.2) is 0 Å². The molecule has 0 heterocycles. The molecule has 106 valence electrons. The summed E-state index contributed by atoms with van der Waals surface area (Å²) in [5.74, 6) is 0. The molecular weight excluding hydrogens is 276 g/mol. The summed E-state index contributed by atoms with van der Waals surface area (Å²) in [6.45, 7) is 10.7. The maximum Gasteiger partial charge on any atom is 0.297 e. The molecule has 0 amide bonds. The first-order valence-corrected chi connectivity index (χ1v) is 11.5. The Morgan fingerprint density at radius 1 is 1.26 bits per heavy atom. The number of benzene rings is 1. The molecule has 0 radical (unpaired) electrons. The van der Waals surface area contributed by atoms with Gasteiger partial charge in [0.1, 0.15) is 0 Å². The molecule has 0 saturated heterocycles. The highest BCUT2D eigenvalue weighted by atomic mass is 32.2. The van der Waals surface area contributed by atoms with Crippen molar-refractivity contribution in [3.05, 3.63) is 29.8 Å². The Bertz CT molecular complexity index is 589. The van der Waals surface area contributed by atoms with Gasteiger partial charge in [-0.3, -0.25) is 4.18 Å². The highest BCUT2D eigenvalue weighted by Crippen LogP contribution is 2.62. The van der Waals surface area contributed by atoms with Crippen LogP contribution in [0.25, 0.3) is 0 Å². The topological polar surface area (TPSA) is 43.4 Å². The zero-order chi connectivity index (χ0) is 14.5. The van der Waals surface area contributed by atoms with E-state index in [9.17, 15) is 8.42 Å². The fourth-order valence-corrected chi connectivity index (χ4v) is 5.60. The van der Waals surface area contributed by atoms with Gasteiger partial charge in [-0.15, -0.1) is 0 Å². The first kappa shape index (κ1) is 14.7. The molecule has 1 aliphatic carbocycles. The molecule has 1 saturated carbocycles. The monoisotopic (exact) mass is 298 g/mol. The largest absolute Gasteiger partial charge is 0.297 e. The molecule has 1 aromatic carbocycles. The molecule has 3 nitrogen and oxygen atoms in total. The lowest BCUT2D eigenvalue weighted by molar-refractivity contribution is 0.292. The van der Waals surface area contributed by atoms with Crippen LogP contribution in [0.3, 0.4) is 0 Å². The van der Waals surface area contributed by atoms with E-state index in [1.165, 1.54) is 0 Å². The lowest BCUT2D eigenvalue weighted by atomic mass is 10.2. The summed E-state index contributed by atoms with van der Waals surface area (Å²) in [4.78, 5) is 0.292. The summed E-state index contributed by atoms with van der Waals surface area (Å²) in [7, 11) is -5.05. The fourth-order valence-electron chi connectivity index (χ4n) is 2.30. The van der Waals surface area contributed by atoms with Crippen LogP contribution in [0.5, 0.6) is 0 Å². The van der Waals surface area contributed by atoms with Crippen molar-refractivity contribution in [2.75, 3.05) is 0 Å². The van der Waals surface area contributed by atoms with Crippen LogP contribution in [0, 0.1) is 6.92 Å². The number of rotatable bonds is 4. The van der Waals surface area contributed by atoms with E-state index in [0.717, 1.165) is 12.0 Å². The molecule has 0 spiro atoms. The molecule has 1 aliphatic rings. The second kappa shape index (κ2) is 4.43. The number of aryl methyl sites for hydroxylation is 1. The van der Waals surface area contributed by atoms with Crippen molar-refractivity contribution in [3.63, 3.8) is 0 Å². The molecule has 0 aliphatic heterocycles. The number of hydrogen-bond donors (Lipinski definition) is 0. The van der Waals surface area contributed by atoms with Gasteiger partial charge in [-0.05, 0) is 30.0 Å². The molecule has 1 aromatic rings. The Kier molecular flexibility index (Phi) is 3.44. The van der Waals surface area contributed by atoms with Crippen LogP contribution >= 0.6 is 0 Å². The summed E-state index contributed by atoms with van der Waals surface area (Å²) in [5.41, 5.74) is 0.734. The summed E-state index contributed by atoms with van der Waals surface area (Å²) >= 11 is 0. The summed E-state index contributed by atoms with van der Waals surface area (Å²) in [6, 6.07) is 6.96. The van der Waals surface area contributed by atoms with Gasteiger partial charge in [0.2, 0.25) is 0 Å². The Morgan fingerprint density at radius 3 is 2.32 bits per heavy atom. The third-order valence-electron chi connectivity index (χ3n) is 4.48. The second-order valence-corrected chi connectivity index (χ2v) is 13.9. The molecule has 2 rings (SSSR count). The van der Waals surface area contributed by atoms with E-state index in [1.807, 2.05) is 6.07 Å². The van der Waals surface area contributed by atoms with Crippen molar-refractivity contribution in [3.8, 4) is 0 Å². The molecule has 2 unspecified atom stereocenters. The summed E-state index contributed by atoms with van der Waals surface area (Å²) < 4.78 is 30.1. The van der Waals surface area contributed by atoms with Crippen molar-refractivity contribution >= 4 is 18.2 Å². The molecule has 0 N–H and O–H groups in total. The minimum atomic E-state index is -3.64. The smallest absolute Gasteiger partial charge is 0.263 e. The zero-order valence-corrected chi connectivity index (χ0v) is 14.0. The average molecular weight is 298 g/mol. The number of hydrogen-bond acceptors (Lipinski definition) is 3. The predicted molar refractivity (Wildman–Crippen MR) is 79.6 cm³/mol. The predicted octanol–water partition coefficient (Wildman–Crippen LogP) is 3.57. The Hall–Kier alpha value is -0.653. The van der Waals surface area contributed by atoms with E-state index >= 15 is 0 Å². The van der Waals surface area contributed by atoms with Gasteiger partial charge >= 0.3 is 0 Å². The molecule has 0 bridgehead atoms. The van der Waals surface area contributed by atoms with Crippen molar-refractivity contribution in [1.29, 1.82) is 0 Å². The first-order valence-electron chi connectivity index (χ1n) is 6.57. The van der Waals surface area contributed by atoms with Crippen molar-refractivity contribution in [1.82, 2.24) is 0 Å². The third-order valence-corrected chi connectivity index (χ3v) is 9.91. The molecule has 0 aromatic heterocycles. The van der Waals surface area contributed by atoms with Crippen LogP contribution in [0.4, 0.5) is 0 Å². The zero-order valence-electron chi connectivity index (χ0n) is 12.2. The Morgan fingerprint density at radius 2 is 1.84 bits per heavy atom. The standard InChI is InChI=1S/C14H22O3SSi/c1-11-8-6-7-9-12(11)18(15,16)17-13-10-14(13,2)19(3,4)5/h6-9,13H,10H2,1-5H3. The normalized spacial score (nSPS) is 27.3. The van der Waals surface area contributed by atoms with E-state index in [0.29, 0.717) is 4.90 Å². The molecule has 2 atom stereocenters. The van der Waals surface area contributed by atoms with E-state index in [2.05, 4.69) is 26.6 Å². The summed E-state index contributed by atoms with van der Waals surface area (Å²) in [6.07, 6.45) is 0.706. The van der Waals surface area contributed by atoms with Gasteiger partial charge in [-0.25, -0.2) is 0 Å². The van der Waals surface area contributed by atoms with Gasteiger partial charge in [0.25, 0.3) is 10.1 Å². The molecule has 1 fully saturated rings. The van der Waals surface area contributed by atoms with E-state index in [1.54, 1.807) is 25.1 Å². The maximum atomic E-state index is 12.3.